The van der Waals surface area contributed by atoms with Crippen LogP contribution in [0.15, 0.2) is 22.5 Å². The average molecular weight is 250 g/mol. The van der Waals surface area contributed by atoms with Crippen LogP contribution in [0.2, 0.25) is 0 Å². The van der Waals surface area contributed by atoms with E-state index >= 15 is 0 Å². The van der Waals surface area contributed by atoms with Crippen molar-refractivity contribution in [2.45, 2.75) is 25.0 Å². The van der Waals surface area contributed by atoms with Crippen LogP contribution in [0, 0.1) is 0 Å². The summed E-state index contributed by atoms with van der Waals surface area (Å²) in [4.78, 5) is 19.4. The molecule has 1 fully saturated rings. The van der Waals surface area contributed by atoms with Crippen LogP contribution in [0.3, 0.4) is 0 Å². The number of aliphatic imine (C=N–C) groups is 1. The topological polar surface area (TPSA) is 41.9 Å². The second-order valence-corrected chi connectivity index (χ2v) is 5.28. The standard InChI is InChI=1S/C12H14N2O2S/c15-12(14-5-1-2-6-14)10-11(16-8-13-10)9-4-3-7-17-9/h3-4,7-8,10-11H,1-2,5-6H2/t10-,11?/m0/s1. The predicted molar refractivity (Wildman–Crippen MR) is 66.2 cm³/mol. The Labute approximate surface area is 104 Å². The molecule has 2 aliphatic rings. The zero-order valence-electron chi connectivity index (χ0n) is 9.41. The maximum absolute atomic E-state index is 12.3. The number of carbonyl (C=O) groups is 1. The van der Waals surface area contributed by atoms with E-state index in [2.05, 4.69) is 4.99 Å². The van der Waals surface area contributed by atoms with Gasteiger partial charge in [-0.1, -0.05) is 6.07 Å². The van der Waals surface area contributed by atoms with Gasteiger partial charge in [-0.15, -0.1) is 11.3 Å². The lowest BCUT2D eigenvalue weighted by Gasteiger charge is -2.21. The summed E-state index contributed by atoms with van der Waals surface area (Å²) in [6.07, 6.45) is 3.41. The van der Waals surface area contributed by atoms with E-state index in [0.29, 0.717) is 0 Å². The maximum Gasteiger partial charge on any atom is 0.251 e. The molecular weight excluding hydrogens is 236 g/mol. The zero-order chi connectivity index (χ0) is 11.7. The molecule has 0 spiro atoms. The normalized spacial score (nSPS) is 27.4. The fourth-order valence-electron chi connectivity index (χ4n) is 2.31. The van der Waals surface area contributed by atoms with Crippen LogP contribution < -0.4 is 0 Å². The first-order valence-electron chi connectivity index (χ1n) is 5.85. The molecule has 0 aromatic carbocycles. The molecule has 3 heterocycles. The minimum Gasteiger partial charge on any atom is -0.472 e. The molecule has 1 unspecified atom stereocenters. The van der Waals surface area contributed by atoms with Crippen molar-refractivity contribution < 1.29 is 9.53 Å². The summed E-state index contributed by atoms with van der Waals surface area (Å²) in [5, 5.41) is 1.99. The van der Waals surface area contributed by atoms with E-state index in [9.17, 15) is 4.79 Å². The van der Waals surface area contributed by atoms with E-state index in [0.717, 1.165) is 30.8 Å². The molecular formula is C12H14N2O2S. The Bertz CT molecular complexity index is 424. The molecule has 0 N–H and O–H groups in total. The van der Waals surface area contributed by atoms with E-state index in [-0.39, 0.29) is 18.1 Å². The van der Waals surface area contributed by atoms with Gasteiger partial charge in [0.1, 0.15) is 0 Å². The Morgan fingerprint density at radius 3 is 3.00 bits per heavy atom. The number of thiophene rings is 1. The zero-order valence-corrected chi connectivity index (χ0v) is 10.2. The molecule has 5 heteroatoms. The molecule has 2 atom stereocenters. The van der Waals surface area contributed by atoms with E-state index in [4.69, 9.17) is 4.74 Å². The van der Waals surface area contributed by atoms with Crippen LogP contribution in [0.4, 0.5) is 0 Å². The van der Waals surface area contributed by atoms with Gasteiger partial charge in [0, 0.05) is 18.0 Å². The second kappa shape index (κ2) is 4.49. The van der Waals surface area contributed by atoms with Crippen molar-refractivity contribution in [3.63, 3.8) is 0 Å². The number of likely N-dealkylation sites (tertiary alicyclic amines) is 1. The van der Waals surface area contributed by atoms with Crippen LogP contribution in [0.1, 0.15) is 23.8 Å². The van der Waals surface area contributed by atoms with Crippen molar-refractivity contribution >= 4 is 23.6 Å². The Morgan fingerprint density at radius 2 is 2.29 bits per heavy atom. The molecule has 0 bridgehead atoms. The molecule has 3 rings (SSSR count). The first-order valence-corrected chi connectivity index (χ1v) is 6.73. The molecule has 0 radical (unpaired) electrons. The summed E-state index contributed by atoms with van der Waals surface area (Å²) >= 11 is 1.61. The third kappa shape index (κ3) is 1.95. The highest BCUT2D eigenvalue weighted by molar-refractivity contribution is 7.10. The minimum absolute atomic E-state index is 0.106. The first-order chi connectivity index (χ1) is 8.36. The van der Waals surface area contributed by atoms with Crippen molar-refractivity contribution in [1.29, 1.82) is 0 Å². The van der Waals surface area contributed by atoms with Gasteiger partial charge in [0.25, 0.3) is 5.91 Å². The fraction of sp³-hybridized carbons (Fsp3) is 0.500. The number of carbonyl (C=O) groups excluding carboxylic acids is 1. The molecule has 17 heavy (non-hydrogen) atoms. The van der Waals surface area contributed by atoms with E-state index in [1.807, 2.05) is 22.4 Å². The van der Waals surface area contributed by atoms with E-state index in [1.165, 1.54) is 6.40 Å². The smallest absolute Gasteiger partial charge is 0.251 e. The van der Waals surface area contributed by atoms with Gasteiger partial charge in [-0.2, -0.15) is 0 Å². The monoisotopic (exact) mass is 250 g/mol. The Balaban J connectivity index is 1.77. The SMILES string of the molecule is O=C([C@H]1N=COC1c1cccs1)N1CCCC1. The molecule has 1 saturated heterocycles. The lowest BCUT2D eigenvalue weighted by molar-refractivity contribution is -0.133. The molecule has 1 amide bonds. The molecule has 0 aliphatic carbocycles. The Hall–Kier alpha value is -1.36. The quantitative estimate of drug-likeness (QED) is 0.803. The van der Waals surface area contributed by atoms with Crippen molar-refractivity contribution in [3.8, 4) is 0 Å². The molecule has 4 nitrogen and oxygen atoms in total. The summed E-state index contributed by atoms with van der Waals surface area (Å²) < 4.78 is 5.46. The largest absolute Gasteiger partial charge is 0.472 e. The molecule has 90 valence electrons. The van der Waals surface area contributed by atoms with Gasteiger partial charge in [0.2, 0.25) is 0 Å². The van der Waals surface area contributed by atoms with Crippen LogP contribution in [-0.2, 0) is 9.53 Å². The Kier molecular flexibility index (Phi) is 2.84. The maximum atomic E-state index is 12.3. The van der Waals surface area contributed by atoms with Crippen molar-refractivity contribution in [2.24, 2.45) is 4.99 Å². The van der Waals surface area contributed by atoms with Crippen LogP contribution >= 0.6 is 11.3 Å². The molecule has 1 aromatic rings. The summed E-state index contributed by atoms with van der Waals surface area (Å²) in [5.41, 5.74) is 0. The van der Waals surface area contributed by atoms with Gasteiger partial charge < -0.3 is 9.64 Å². The highest BCUT2D eigenvalue weighted by Crippen LogP contribution is 2.31. The summed E-state index contributed by atoms with van der Waals surface area (Å²) in [6.45, 7) is 1.73. The van der Waals surface area contributed by atoms with Crippen molar-refractivity contribution in [1.82, 2.24) is 4.90 Å². The van der Waals surface area contributed by atoms with Gasteiger partial charge in [-0.25, -0.2) is 4.99 Å². The summed E-state index contributed by atoms with van der Waals surface area (Å²) in [6, 6.07) is 3.58. The third-order valence-electron chi connectivity index (χ3n) is 3.21. The predicted octanol–water partition coefficient (Wildman–Crippen LogP) is 1.84. The van der Waals surface area contributed by atoms with Gasteiger partial charge in [0.05, 0.1) is 0 Å². The number of amides is 1. The van der Waals surface area contributed by atoms with Gasteiger partial charge >= 0.3 is 0 Å². The highest BCUT2D eigenvalue weighted by Gasteiger charge is 2.37. The number of nitrogens with zero attached hydrogens (tertiary/aromatic N) is 2. The van der Waals surface area contributed by atoms with Crippen LogP contribution in [-0.4, -0.2) is 36.3 Å². The number of rotatable bonds is 2. The van der Waals surface area contributed by atoms with Gasteiger partial charge in [0.15, 0.2) is 18.5 Å². The highest BCUT2D eigenvalue weighted by atomic mass is 32.1. The molecule has 0 saturated carbocycles. The third-order valence-corrected chi connectivity index (χ3v) is 4.14. The van der Waals surface area contributed by atoms with Crippen molar-refractivity contribution in [2.75, 3.05) is 13.1 Å². The van der Waals surface area contributed by atoms with Crippen LogP contribution in [0.25, 0.3) is 0 Å². The van der Waals surface area contributed by atoms with E-state index < -0.39 is 0 Å². The summed E-state index contributed by atoms with van der Waals surface area (Å²) in [7, 11) is 0. The van der Waals surface area contributed by atoms with E-state index in [1.54, 1.807) is 11.3 Å². The molecule has 2 aliphatic heterocycles. The lowest BCUT2D eigenvalue weighted by atomic mass is 10.1. The number of ether oxygens (including phenoxy) is 1. The van der Waals surface area contributed by atoms with Crippen LogP contribution in [0.5, 0.6) is 0 Å². The average Bonchev–Trinajstić information content (AvgIpc) is 3.09. The van der Waals surface area contributed by atoms with Crippen molar-refractivity contribution in [3.05, 3.63) is 22.4 Å². The number of hydrogen-bond donors (Lipinski definition) is 0. The van der Waals surface area contributed by atoms with Gasteiger partial charge in [-0.05, 0) is 24.3 Å². The fourth-order valence-corrected chi connectivity index (χ4v) is 3.10. The summed E-state index contributed by atoms with van der Waals surface area (Å²) in [5.74, 6) is 0.106. The number of hydrogen-bond acceptors (Lipinski definition) is 4. The second-order valence-electron chi connectivity index (χ2n) is 4.30. The van der Waals surface area contributed by atoms with Gasteiger partial charge in [-0.3, -0.25) is 4.79 Å². The Morgan fingerprint density at radius 1 is 1.47 bits per heavy atom. The lowest BCUT2D eigenvalue weighted by Crippen LogP contribution is -2.38. The first kappa shape index (κ1) is 10.8. The minimum atomic E-state index is -0.383. The molecule has 1 aromatic heterocycles.